The number of hydrogen-bond acceptors (Lipinski definition) is 1. The Morgan fingerprint density at radius 3 is 2.53 bits per heavy atom. The van der Waals surface area contributed by atoms with Crippen molar-refractivity contribution in [1.29, 1.82) is 0 Å². The molecule has 168 valence electrons. The van der Waals surface area contributed by atoms with Crippen molar-refractivity contribution < 1.29 is 5.11 Å². The average molecular weight is 411 g/mol. The van der Waals surface area contributed by atoms with Crippen LogP contribution in [0.2, 0.25) is 0 Å². The highest BCUT2D eigenvalue weighted by Crippen LogP contribution is 2.66. The number of rotatable bonds is 5. The standard InChI is InChI=1S/C29H46O/c1-7-21(19(2)3)9-8-20(4)25-12-13-26-24-11-10-22-18-23(30)14-16-28(22,5)27(24)15-17-29(25,26)6/h7,10-11,19-20,23,25-27,30H,8-9,12-18H2,1-6H3/t20-,23+,25-,26+,27+,28+,29-/m1/s1. The number of aliphatic hydroxyl groups excluding tert-OH is 1. The van der Waals surface area contributed by atoms with E-state index >= 15 is 0 Å². The highest BCUT2D eigenvalue weighted by Gasteiger charge is 2.56. The molecule has 0 heterocycles. The Hall–Kier alpha value is -0.820. The fraction of sp³-hybridized carbons (Fsp3) is 0.793. The van der Waals surface area contributed by atoms with Crippen LogP contribution < -0.4 is 0 Å². The quantitative estimate of drug-likeness (QED) is 0.457. The van der Waals surface area contributed by atoms with Crippen molar-refractivity contribution in [2.75, 3.05) is 0 Å². The molecule has 0 saturated heterocycles. The summed E-state index contributed by atoms with van der Waals surface area (Å²) in [6, 6.07) is 0. The van der Waals surface area contributed by atoms with Crippen molar-refractivity contribution in [3.05, 3.63) is 34.9 Å². The number of allylic oxidation sites excluding steroid dienone is 5. The van der Waals surface area contributed by atoms with Crippen LogP contribution in [-0.2, 0) is 0 Å². The Labute approximate surface area is 186 Å². The molecule has 3 fully saturated rings. The minimum Gasteiger partial charge on any atom is -0.393 e. The van der Waals surface area contributed by atoms with Crippen LogP contribution in [0, 0.1) is 40.4 Å². The Morgan fingerprint density at radius 1 is 1.07 bits per heavy atom. The molecule has 0 aromatic rings. The maximum atomic E-state index is 10.2. The van der Waals surface area contributed by atoms with Crippen LogP contribution in [0.3, 0.4) is 0 Å². The zero-order valence-corrected chi connectivity index (χ0v) is 20.5. The zero-order valence-electron chi connectivity index (χ0n) is 20.5. The maximum Gasteiger partial charge on any atom is 0.0578 e. The molecule has 30 heavy (non-hydrogen) atoms. The van der Waals surface area contributed by atoms with Gasteiger partial charge in [-0.1, -0.05) is 69.6 Å². The van der Waals surface area contributed by atoms with Crippen molar-refractivity contribution in [3.63, 3.8) is 0 Å². The van der Waals surface area contributed by atoms with Gasteiger partial charge in [-0.15, -0.1) is 0 Å². The Bertz CT molecular complexity index is 739. The van der Waals surface area contributed by atoms with Crippen LogP contribution in [0.5, 0.6) is 0 Å². The lowest BCUT2D eigenvalue weighted by atomic mass is 9.50. The average Bonchev–Trinajstić information content (AvgIpc) is 3.06. The largest absolute Gasteiger partial charge is 0.393 e. The number of fused-ring (bicyclic) bond motifs is 5. The van der Waals surface area contributed by atoms with Gasteiger partial charge in [0, 0.05) is 0 Å². The first kappa shape index (κ1) is 22.4. The van der Waals surface area contributed by atoms with Gasteiger partial charge in [-0.25, -0.2) is 0 Å². The summed E-state index contributed by atoms with van der Waals surface area (Å²) in [5.41, 5.74) is 5.77. The topological polar surface area (TPSA) is 20.2 Å². The van der Waals surface area contributed by atoms with E-state index in [0.29, 0.717) is 16.7 Å². The van der Waals surface area contributed by atoms with Crippen molar-refractivity contribution in [1.82, 2.24) is 0 Å². The fourth-order valence-corrected chi connectivity index (χ4v) is 8.32. The van der Waals surface area contributed by atoms with Crippen LogP contribution in [-0.4, -0.2) is 11.2 Å². The molecule has 1 heteroatoms. The molecule has 0 aromatic carbocycles. The first-order valence-corrected chi connectivity index (χ1v) is 12.9. The fourth-order valence-electron chi connectivity index (χ4n) is 8.32. The minimum absolute atomic E-state index is 0.113. The molecular formula is C29H46O. The summed E-state index contributed by atoms with van der Waals surface area (Å²) in [6.07, 6.45) is 18.5. The summed E-state index contributed by atoms with van der Waals surface area (Å²) in [6.45, 7) is 14.6. The Balaban J connectivity index is 1.52. The summed E-state index contributed by atoms with van der Waals surface area (Å²) in [5.74, 6) is 3.90. The first-order chi connectivity index (χ1) is 14.2. The third-order valence-electron chi connectivity index (χ3n) is 10.3. The lowest BCUT2D eigenvalue weighted by Gasteiger charge is -2.55. The van der Waals surface area contributed by atoms with E-state index in [2.05, 4.69) is 59.8 Å². The van der Waals surface area contributed by atoms with Gasteiger partial charge in [0.05, 0.1) is 6.10 Å². The molecule has 4 aliphatic rings. The molecule has 7 atom stereocenters. The van der Waals surface area contributed by atoms with Gasteiger partial charge in [0.2, 0.25) is 0 Å². The van der Waals surface area contributed by atoms with Crippen LogP contribution in [0.4, 0.5) is 0 Å². The molecule has 4 aliphatic carbocycles. The van der Waals surface area contributed by atoms with Gasteiger partial charge in [-0.05, 0) is 105 Å². The molecular weight excluding hydrogens is 364 g/mol. The second kappa shape index (κ2) is 8.27. The van der Waals surface area contributed by atoms with E-state index in [4.69, 9.17) is 0 Å². The summed E-state index contributed by atoms with van der Waals surface area (Å²) < 4.78 is 0. The summed E-state index contributed by atoms with van der Waals surface area (Å²) in [5, 5.41) is 10.2. The maximum absolute atomic E-state index is 10.2. The molecule has 0 amide bonds. The lowest BCUT2D eigenvalue weighted by molar-refractivity contribution is 0.0326. The number of hydrogen-bond donors (Lipinski definition) is 1. The molecule has 0 aromatic heterocycles. The second-order valence-corrected chi connectivity index (χ2v) is 12.0. The SMILES string of the molecule is CC=C(CC[C@@H](C)[C@H]1CC[C@H]2C3=CC=C4C[C@@H](O)CC[C@]4(C)[C@H]3CC[C@]12C)C(C)C. The summed E-state index contributed by atoms with van der Waals surface area (Å²) in [4.78, 5) is 0. The molecule has 0 spiro atoms. The first-order valence-electron chi connectivity index (χ1n) is 12.9. The van der Waals surface area contributed by atoms with Gasteiger partial charge in [0.25, 0.3) is 0 Å². The molecule has 0 unspecified atom stereocenters. The van der Waals surface area contributed by atoms with E-state index in [0.717, 1.165) is 36.5 Å². The number of aliphatic hydroxyl groups is 1. The van der Waals surface area contributed by atoms with Crippen LogP contribution in [0.1, 0.15) is 99.3 Å². The molecule has 3 saturated carbocycles. The van der Waals surface area contributed by atoms with Gasteiger partial charge in [-0.3, -0.25) is 0 Å². The molecule has 0 aliphatic heterocycles. The van der Waals surface area contributed by atoms with Gasteiger partial charge in [0.1, 0.15) is 0 Å². The monoisotopic (exact) mass is 410 g/mol. The van der Waals surface area contributed by atoms with E-state index in [1.54, 1.807) is 11.1 Å². The predicted molar refractivity (Wildman–Crippen MR) is 128 cm³/mol. The van der Waals surface area contributed by atoms with Crippen LogP contribution in [0.25, 0.3) is 0 Å². The smallest absolute Gasteiger partial charge is 0.0578 e. The molecule has 0 bridgehead atoms. The zero-order chi connectivity index (χ0) is 21.7. The highest BCUT2D eigenvalue weighted by atomic mass is 16.3. The van der Waals surface area contributed by atoms with Gasteiger partial charge >= 0.3 is 0 Å². The summed E-state index contributed by atoms with van der Waals surface area (Å²) >= 11 is 0. The van der Waals surface area contributed by atoms with Gasteiger partial charge in [0.15, 0.2) is 0 Å². The molecule has 1 N–H and O–H groups in total. The second-order valence-electron chi connectivity index (χ2n) is 12.0. The van der Waals surface area contributed by atoms with Crippen LogP contribution >= 0.6 is 0 Å². The van der Waals surface area contributed by atoms with E-state index < -0.39 is 0 Å². The molecule has 0 radical (unpaired) electrons. The Kier molecular flexibility index (Phi) is 6.17. The third kappa shape index (κ3) is 3.58. The normalized spacial score (nSPS) is 42.2. The van der Waals surface area contributed by atoms with E-state index in [9.17, 15) is 5.11 Å². The van der Waals surface area contributed by atoms with Crippen molar-refractivity contribution in [2.45, 2.75) is 105 Å². The predicted octanol–water partition coefficient (Wildman–Crippen LogP) is 7.87. The molecule has 4 rings (SSSR count). The lowest BCUT2D eigenvalue weighted by Crippen LogP contribution is -2.46. The van der Waals surface area contributed by atoms with Gasteiger partial charge < -0.3 is 5.11 Å². The van der Waals surface area contributed by atoms with E-state index in [-0.39, 0.29) is 6.10 Å². The van der Waals surface area contributed by atoms with Crippen molar-refractivity contribution in [2.24, 2.45) is 40.4 Å². The summed E-state index contributed by atoms with van der Waals surface area (Å²) in [7, 11) is 0. The third-order valence-corrected chi connectivity index (χ3v) is 10.3. The van der Waals surface area contributed by atoms with Crippen molar-refractivity contribution >= 4 is 0 Å². The molecule has 1 nitrogen and oxygen atoms in total. The highest BCUT2D eigenvalue weighted by molar-refractivity contribution is 5.38. The minimum atomic E-state index is -0.113. The van der Waals surface area contributed by atoms with E-state index in [1.165, 1.54) is 50.5 Å². The Morgan fingerprint density at radius 2 is 1.83 bits per heavy atom. The van der Waals surface area contributed by atoms with Crippen LogP contribution in [0.15, 0.2) is 34.9 Å². The van der Waals surface area contributed by atoms with Gasteiger partial charge in [-0.2, -0.15) is 0 Å². The van der Waals surface area contributed by atoms with E-state index in [1.807, 2.05) is 0 Å². The van der Waals surface area contributed by atoms with Crippen molar-refractivity contribution in [3.8, 4) is 0 Å².